The maximum absolute atomic E-state index is 11.9. The van der Waals surface area contributed by atoms with Gasteiger partial charge in [0.1, 0.15) is 6.54 Å². The second-order valence-electron chi connectivity index (χ2n) is 6.50. The summed E-state index contributed by atoms with van der Waals surface area (Å²) in [5.74, 6) is -1.55. The molecule has 0 fully saturated rings. The van der Waals surface area contributed by atoms with Crippen molar-refractivity contribution in [1.29, 1.82) is 0 Å². The van der Waals surface area contributed by atoms with Gasteiger partial charge in [-0.15, -0.1) is 0 Å². The molecule has 0 aliphatic heterocycles. The van der Waals surface area contributed by atoms with Crippen molar-refractivity contribution in [3.05, 3.63) is 35.9 Å². The Bertz CT molecular complexity index is 479. The Hall–Kier alpha value is -1.88. The van der Waals surface area contributed by atoms with Crippen molar-refractivity contribution >= 4 is 11.9 Å². The lowest BCUT2D eigenvalue weighted by Gasteiger charge is -2.29. The van der Waals surface area contributed by atoms with Crippen LogP contribution in [-0.2, 0) is 20.7 Å². The van der Waals surface area contributed by atoms with E-state index in [0.717, 1.165) is 6.42 Å². The van der Waals surface area contributed by atoms with Crippen molar-refractivity contribution in [2.45, 2.75) is 31.8 Å². The first-order chi connectivity index (χ1) is 10.3. The van der Waals surface area contributed by atoms with E-state index in [1.165, 1.54) is 5.56 Å². The lowest BCUT2D eigenvalue weighted by atomic mass is 10.1. The molecule has 5 heteroatoms. The van der Waals surface area contributed by atoms with Gasteiger partial charge in [0.2, 0.25) is 0 Å². The molecule has 1 aromatic carbocycles. The van der Waals surface area contributed by atoms with Crippen molar-refractivity contribution in [3.63, 3.8) is 0 Å². The van der Waals surface area contributed by atoms with Crippen molar-refractivity contribution in [1.82, 2.24) is 0 Å². The summed E-state index contributed by atoms with van der Waals surface area (Å²) in [4.78, 5) is 22.6. The van der Waals surface area contributed by atoms with E-state index in [1.54, 1.807) is 0 Å². The van der Waals surface area contributed by atoms with Crippen molar-refractivity contribution in [2.24, 2.45) is 0 Å². The molecule has 0 unspecified atom stereocenters. The fraction of sp³-hybridized carbons (Fsp3) is 0.529. The van der Waals surface area contributed by atoms with Crippen LogP contribution in [-0.4, -0.2) is 50.2 Å². The SMILES string of the molecule is C[N+](C)(C)C[C@@H](CC(=O)[O-])OC(=O)CCCc1ccccc1. The fourth-order valence-corrected chi connectivity index (χ4v) is 2.27. The number of esters is 1. The minimum atomic E-state index is -1.20. The molecular weight excluding hydrogens is 282 g/mol. The number of benzene rings is 1. The Morgan fingerprint density at radius 2 is 1.82 bits per heavy atom. The van der Waals surface area contributed by atoms with Crippen LogP contribution in [0.25, 0.3) is 0 Å². The number of hydrogen-bond donors (Lipinski definition) is 0. The number of hydrogen-bond acceptors (Lipinski definition) is 4. The number of ether oxygens (including phenoxy) is 1. The number of quaternary nitrogens is 1. The summed E-state index contributed by atoms with van der Waals surface area (Å²) in [6.07, 6.45) is 0.867. The van der Waals surface area contributed by atoms with Crippen molar-refractivity contribution in [2.75, 3.05) is 27.7 Å². The lowest BCUT2D eigenvalue weighted by Crippen LogP contribution is -2.45. The highest BCUT2D eigenvalue weighted by Gasteiger charge is 2.22. The van der Waals surface area contributed by atoms with Gasteiger partial charge in [0.05, 0.1) is 21.1 Å². The van der Waals surface area contributed by atoms with Gasteiger partial charge in [-0.05, 0) is 18.4 Å². The van der Waals surface area contributed by atoms with Crippen LogP contribution in [0, 0.1) is 0 Å². The Morgan fingerprint density at radius 1 is 1.18 bits per heavy atom. The summed E-state index contributed by atoms with van der Waals surface area (Å²) in [5.41, 5.74) is 1.17. The third kappa shape index (κ3) is 8.42. The number of aryl methyl sites for hydroxylation is 1. The van der Waals surface area contributed by atoms with Gasteiger partial charge in [-0.3, -0.25) is 4.79 Å². The van der Waals surface area contributed by atoms with Crippen LogP contribution in [0.3, 0.4) is 0 Å². The van der Waals surface area contributed by atoms with Gasteiger partial charge < -0.3 is 19.1 Å². The number of carboxylic acids is 1. The average Bonchev–Trinajstić information content (AvgIpc) is 2.37. The number of nitrogens with zero attached hydrogens (tertiary/aromatic N) is 1. The summed E-state index contributed by atoms with van der Waals surface area (Å²) >= 11 is 0. The number of likely N-dealkylation sites (N-methyl/N-ethyl adjacent to an activating group) is 1. The molecule has 0 spiro atoms. The van der Waals surface area contributed by atoms with Gasteiger partial charge in [-0.1, -0.05) is 30.3 Å². The summed E-state index contributed by atoms with van der Waals surface area (Å²) < 4.78 is 5.82. The smallest absolute Gasteiger partial charge is 0.306 e. The van der Waals surface area contributed by atoms with E-state index >= 15 is 0 Å². The van der Waals surface area contributed by atoms with Crippen LogP contribution < -0.4 is 5.11 Å². The summed E-state index contributed by atoms with van der Waals surface area (Å²) in [6.45, 7) is 0.443. The fourth-order valence-electron chi connectivity index (χ4n) is 2.27. The summed E-state index contributed by atoms with van der Waals surface area (Å²) in [6, 6.07) is 9.91. The molecule has 0 saturated carbocycles. The van der Waals surface area contributed by atoms with Crippen LogP contribution in [0.1, 0.15) is 24.8 Å². The third-order valence-electron chi connectivity index (χ3n) is 3.13. The molecule has 5 nitrogen and oxygen atoms in total. The van der Waals surface area contributed by atoms with E-state index in [0.29, 0.717) is 17.4 Å². The van der Waals surface area contributed by atoms with Crippen molar-refractivity contribution in [3.8, 4) is 0 Å². The second-order valence-corrected chi connectivity index (χ2v) is 6.50. The summed E-state index contributed by atoms with van der Waals surface area (Å²) in [5, 5.41) is 10.8. The number of aliphatic carboxylic acids is 1. The normalized spacial score (nSPS) is 12.7. The molecule has 1 aromatic rings. The Balaban J connectivity index is 2.40. The quantitative estimate of drug-likeness (QED) is 0.499. The molecule has 0 heterocycles. The molecule has 0 saturated heterocycles. The maximum Gasteiger partial charge on any atom is 0.306 e. The van der Waals surface area contributed by atoms with E-state index in [-0.39, 0.29) is 18.8 Å². The third-order valence-corrected chi connectivity index (χ3v) is 3.13. The van der Waals surface area contributed by atoms with E-state index in [2.05, 4.69) is 0 Å². The molecule has 0 N–H and O–H groups in total. The molecule has 1 rings (SSSR count). The topological polar surface area (TPSA) is 66.4 Å². The van der Waals surface area contributed by atoms with Crippen LogP contribution in [0.15, 0.2) is 30.3 Å². The van der Waals surface area contributed by atoms with Gasteiger partial charge in [0.15, 0.2) is 6.10 Å². The van der Waals surface area contributed by atoms with Gasteiger partial charge in [0.25, 0.3) is 0 Å². The molecule has 122 valence electrons. The zero-order chi connectivity index (χ0) is 16.6. The minimum Gasteiger partial charge on any atom is -0.550 e. The van der Waals surface area contributed by atoms with E-state index < -0.39 is 12.1 Å². The van der Waals surface area contributed by atoms with Crippen LogP contribution >= 0.6 is 0 Å². The molecule has 0 amide bonds. The second kappa shape index (κ2) is 8.54. The van der Waals surface area contributed by atoms with Crippen LogP contribution in [0.4, 0.5) is 0 Å². The molecule has 0 aromatic heterocycles. The number of rotatable bonds is 9. The molecule has 0 aliphatic rings. The average molecular weight is 307 g/mol. The molecule has 0 aliphatic carbocycles. The zero-order valence-corrected chi connectivity index (χ0v) is 13.6. The minimum absolute atomic E-state index is 0.264. The maximum atomic E-state index is 11.9. The monoisotopic (exact) mass is 307 g/mol. The van der Waals surface area contributed by atoms with Gasteiger partial charge in [0, 0.05) is 18.8 Å². The van der Waals surface area contributed by atoms with Gasteiger partial charge >= 0.3 is 5.97 Å². The predicted molar refractivity (Wildman–Crippen MR) is 81.8 cm³/mol. The Labute approximate surface area is 132 Å². The van der Waals surface area contributed by atoms with E-state index in [4.69, 9.17) is 4.74 Å². The van der Waals surface area contributed by atoms with Gasteiger partial charge in [-0.25, -0.2) is 0 Å². The highest BCUT2D eigenvalue weighted by atomic mass is 16.5. The first kappa shape index (κ1) is 18.2. The Kier molecular flexibility index (Phi) is 7.05. The highest BCUT2D eigenvalue weighted by Crippen LogP contribution is 2.09. The van der Waals surface area contributed by atoms with Crippen LogP contribution in [0.2, 0.25) is 0 Å². The lowest BCUT2D eigenvalue weighted by molar-refractivity contribution is -0.873. The Morgan fingerprint density at radius 3 is 2.36 bits per heavy atom. The predicted octanol–water partition coefficient (Wildman–Crippen LogP) is 0.767. The molecule has 1 atom stereocenters. The van der Waals surface area contributed by atoms with E-state index in [9.17, 15) is 14.7 Å². The van der Waals surface area contributed by atoms with Crippen molar-refractivity contribution < 1.29 is 23.9 Å². The molecule has 22 heavy (non-hydrogen) atoms. The summed E-state index contributed by atoms with van der Waals surface area (Å²) in [7, 11) is 5.77. The molecule has 0 bridgehead atoms. The number of carbonyl (C=O) groups is 2. The molecule has 0 radical (unpaired) electrons. The van der Waals surface area contributed by atoms with E-state index in [1.807, 2.05) is 51.5 Å². The zero-order valence-electron chi connectivity index (χ0n) is 13.6. The first-order valence-electron chi connectivity index (χ1n) is 7.50. The molecular formula is C17H25NO4. The standard InChI is InChI=1S/C17H25NO4/c1-18(2,3)13-15(12-16(19)20)22-17(21)11-7-10-14-8-5-4-6-9-14/h4-6,8-9,15H,7,10-13H2,1-3H3/t15-/m1/s1. The number of carboxylic acid groups (broad SMARTS) is 1. The van der Waals surface area contributed by atoms with Crippen LogP contribution in [0.5, 0.6) is 0 Å². The largest absolute Gasteiger partial charge is 0.550 e. The van der Waals surface area contributed by atoms with Gasteiger partial charge in [-0.2, -0.15) is 0 Å². The highest BCUT2D eigenvalue weighted by molar-refractivity contribution is 5.70. The number of carbonyl (C=O) groups excluding carboxylic acids is 2. The first-order valence-corrected chi connectivity index (χ1v) is 7.50.